The van der Waals surface area contributed by atoms with Crippen LogP contribution in [0.25, 0.3) is 0 Å². The molecule has 22 heavy (non-hydrogen) atoms. The maximum Gasteiger partial charge on any atom is 0.132 e. The van der Waals surface area contributed by atoms with Gasteiger partial charge in [0.1, 0.15) is 23.3 Å². The molecule has 1 aliphatic carbocycles. The van der Waals surface area contributed by atoms with Gasteiger partial charge >= 0.3 is 0 Å². The number of aromatic hydroxyl groups is 1. The lowest BCUT2D eigenvalue weighted by atomic mass is 9.71. The minimum atomic E-state index is -0.00125. The fourth-order valence-corrected chi connectivity index (χ4v) is 4.02. The van der Waals surface area contributed by atoms with Crippen molar-refractivity contribution in [2.45, 2.75) is 70.7 Å². The average Bonchev–Trinajstić information content (AvgIpc) is 3.28. The number of epoxide rings is 1. The lowest BCUT2D eigenvalue weighted by molar-refractivity contribution is -0.0389. The summed E-state index contributed by atoms with van der Waals surface area (Å²) < 4.78 is 11.9. The molecule has 1 saturated heterocycles. The number of phenolic OH excluding ortho intramolecular Hbond substituents is 1. The summed E-state index contributed by atoms with van der Waals surface area (Å²) in [7, 11) is 0. The number of rotatable bonds is 3. The van der Waals surface area contributed by atoms with Gasteiger partial charge in [-0.3, -0.25) is 5.32 Å². The van der Waals surface area contributed by atoms with Gasteiger partial charge in [0.05, 0.1) is 6.61 Å². The number of fused-ring (bicyclic) bond motifs is 1. The van der Waals surface area contributed by atoms with E-state index in [0.717, 1.165) is 60.3 Å². The van der Waals surface area contributed by atoms with E-state index in [1.54, 1.807) is 0 Å². The normalized spacial score (nSPS) is 28.0. The predicted molar refractivity (Wildman–Crippen MR) is 84.4 cm³/mol. The van der Waals surface area contributed by atoms with Crippen molar-refractivity contribution in [3.63, 3.8) is 0 Å². The van der Waals surface area contributed by atoms with Gasteiger partial charge in [-0.2, -0.15) is 0 Å². The Morgan fingerprint density at radius 2 is 2.00 bits per heavy atom. The topological polar surface area (TPSA) is 54.0 Å². The Hall–Kier alpha value is -1.26. The SMILES string of the molecule is CCc1c(O)c(C)c(C)c2c1C(NC1CO1)CC1(CCC1)O2. The number of hydrogen-bond donors (Lipinski definition) is 2. The number of hydrogen-bond acceptors (Lipinski definition) is 4. The number of nitrogens with one attached hydrogen (secondary N) is 1. The number of phenols is 1. The van der Waals surface area contributed by atoms with Gasteiger partial charge in [-0.15, -0.1) is 0 Å². The minimum Gasteiger partial charge on any atom is -0.507 e. The van der Waals surface area contributed by atoms with Crippen LogP contribution in [0.4, 0.5) is 0 Å². The molecule has 2 heterocycles. The van der Waals surface area contributed by atoms with Crippen molar-refractivity contribution in [3.8, 4) is 11.5 Å². The second kappa shape index (κ2) is 4.87. The molecule has 2 fully saturated rings. The van der Waals surface area contributed by atoms with E-state index in [1.807, 2.05) is 6.92 Å². The van der Waals surface area contributed by atoms with Crippen LogP contribution in [0.5, 0.6) is 11.5 Å². The van der Waals surface area contributed by atoms with Crippen molar-refractivity contribution >= 4 is 0 Å². The molecule has 0 radical (unpaired) electrons. The van der Waals surface area contributed by atoms with Crippen LogP contribution in [0, 0.1) is 13.8 Å². The molecule has 1 aromatic rings. The zero-order chi connectivity index (χ0) is 15.5. The summed E-state index contributed by atoms with van der Waals surface area (Å²) in [5, 5.41) is 14.2. The molecule has 0 bridgehead atoms. The fourth-order valence-electron chi connectivity index (χ4n) is 4.02. The van der Waals surface area contributed by atoms with E-state index in [-0.39, 0.29) is 17.9 Å². The molecule has 2 atom stereocenters. The zero-order valence-corrected chi connectivity index (χ0v) is 13.7. The monoisotopic (exact) mass is 303 g/mol. The van der Waals surface area contributed by atoms with Gasteiger partial charge in [-0.25, -0.2) is 0 Å². The fraction of sp³-hybridized carbons (Fsp3) is 0.667. The maximum atomic E-state index is 10.6. The standard InChI is InChI=1S/C18H25NO3/c1-4-12-15-13(19-14-9-21-14)8-18(6-5-7-18)22-17(15)11(3)10(2)16(12)20/h13-14,19-20H,4-9H2,1-3H3. The molecular formula is C18H25NO3. The highest BCUT2D eigenvalue weighted by Gasteiger charge is 2.48. The Kier molecular flexibility index (Phi) is 3.17. The molecule has 0 aromatic heterocycles. The molecule has 4 heteroatoms. The Morgan fingerprint density at radius 3 is 2.55 bits per heavy atom. The molecule has 1 aromatic carbocycles. The summed E-state index contributed by atoms with van der Waals surface area (Å²) in [6, 6.07) is 0.219. The van der Waals surface area contributed by atoms with Crippen LogP contribution in [0.3, 0.4) is 0 Å². The largest absolute Gasteiger partial charge is 0.507 e. The van der Waals surface area contributed by atoms with E-state index in [4.69, 9.17) is 9.47 Å². The van der Waals surface area contributed by atoms with E-state index >= 15 is 0 Å². The van der Waals surface area contributed by atoms with Crippen LogP contribution in [0.15, 0.2) is 0 Å². The molecular weight excluding hydrogens is 278 g/mol. The Morgan fingerprint density at radius 1 is 1.27 bits per heavy atom. The van der Waals surface area contributed by atoms with Crippen LogP contribution < -0.4 is 10.1 Å². The van der Waals surface area contributed by atoms with E-state index in [2.05, 4.69) is 19.2 Å². The quantitative estimate of drug-likeness (QED) is 0.842. The van der Waals surface area contributed by atoms with Crippen LogP contribution >= 0.6 is 0 Å². The van der Waals surface area contributed by atoms with E-state index in [9.17, 15) is 5.11 Å². The molecule has 120 valence electrons. The summed E-state index contributed by atoms with van der Waals surface area (Å²) in [5.74, 6) is 1.45. The predicted octanol–water partition coefficient (Wildman–Crippen LogP) is 3.26. The van der Waals surface area contributed by atoms with E-state index in [0.29, 0.717) is 5.75 Å². The molecule has 2 aliphatic heterocycles. The van der Waals surface area contributed by atoms with Crippen LogP contribution in [0.1, 0.15) is 60.9 Å². The van der Waals surface area contributed by atoms with Crippen molar-refractivity contribution in [2.75, 3.05) is 6.61 Å². The van der Waals surface area contributed by atoms with Gasteiger partial charge in [0.2, 0.25) is 0 Å². The van der Waals surface area contributed by atoms with Crippen molar-refractivity contribution in [3.05, 3.63) is 22.3 Å². The summed E-state index contributed by atoms with van der Waals surface area (Å²) in [6.07, 6.45) is 5.48. The summed E-state index contributed by atoms with van der Waals surface area (Å²) in [5.41, 5.74) is 4.23. The smallest absolute Gasteiger partial charge is 0.132 e. The van der Waals surface area contributed by atoms with Gasteiger partial charge in [-0.05, 0) is 50.7 Å². The third-order valence-corrected chi connectivity index (χ3v) is 5.70. The first kappa shape index (κ1) is 14.3. The highest BCUT2D eigenvalue weighted by atomic mass is 16.6. The maximum absolute atomic E-state index is 10.6. The van der Waals surface area contributed by atoms with Crippen molar-refractivity contribution in [1.82, 2.24) is 5.32 Å². The summed E-state index contributed by atoms with van der Waals surface area (Å²) >= 11 is 0. The Bertz CT molecular complexity index is 617. The summed E-state index contributed by atoms with van der Waals surface area (Å²) in [4.78, 5) is 0. The molecule has 1 spiro atoms. The average molecular weight is 303 g/mol. The molecule has 2 unspecified atom stereocenters. The number of ether oxygens (including phenoxy) is 2. The first-order valence-electron chi connectivity index (χ1n) is 8.46. The van der Waals surface area contributed by atoms with Gasteiger partial charge in [0.25, 0.3) is 0 Å². The zero-order valence-electron chi connectivity index (χ0n) is 13.7. The second-order valence-electron chi connectivity index (χ2n) is 7.06. The van der Waals surface area contributed by atoms with Gasteiger partial charge < -0.3 is 14.6 Å². The molecule has 4 nitrogen and oxygen atoms in total. The second-order valence-corrected chi connectivity index (χ2v) is 7.06. The van der Waals surface area contributed by atoms with Crippen molar-refractivity contribution in [2.24, 2.45) is 0 Å². The lowest BCUT2D eigenvalue weighted by Crippen LogP contribution is -2.50. The molecule has 0 amide bonds. The molecule has 1 saturated carbocycles. The van der Waals surface area contributed by atoms with Crippen molar-refractivity contribution in [1.29, 1.82) is 0 Å². The van der Waals surface area contributed by atoms with Gasteiger partial charge in [0, 0.05) is 23.6 Å². The minimum absolute atomic E-state index is 0.00125. The van der Waals surface area contributed by atoms with Gasteiger partial charge in [0.15, 0.2) is 0 Å². The Balaban J connectivity index is 1.86. The van der Waals surface area contributed by atoms with Crippen LogP contribution in [-0.4, -0.2) is 23.5 Å². The van der Waals surface area contributed by atoms with Crippen LogP contribution in [0.2, 0.25) is 0 Å². The highest BCUT2D eigenvalue weighted by molar-refractivity contribution is 5.60. The highest BCUT2D eigenvalue weighted by Crippen LogP contribution is 2.53. The van der Waals surface area contributed by atoms with E-state index < -0.39 is 0 Å². The van der Waals surface area contributed by atoms with Gasteiger partial charge in [-0.1, -0.05) is 6.92 Å². The first-order chi connectivity index (χ1) is 10.5. The number of benzene rings is 1. The third-order valence-electron chi connectivity index (χ3n) is 5.70. The van der Waals surface area contributed by atoms with Crippen LogP contribution in [-0.2, 0) is 11.2 Å². The molecule has 4 rings (SSSR count). The summed E-state index contributed by atoms with van der Waals surface area (Å²) in [6.45, 7) is 6.94. The molecule has 2 N–H and O–H groups in total. The third kappa shape index (κ3) is 2.04. The Labute approximate surface area is 131 Å². The molecule has 3 aliphatic rings. The first-order valence-corrected chi connectivity index (χ1v) is 8.46. The van der Waals surface area contributed by atoms with E-state index in [1.165, 1.54) is 6.42 Å². The van der Waals surface area contributed by atoms with Crippen molar-refractivity contribution < 1.29 is 14.6 Å². The lowest BCUT2D eigenvalue weighted by Gasteiger charge is -2.49.